The van der Waals surface area contributed by atoms with E-state index in [2.05, 4.69) is 11.5 Å². The van der Waals surface area contributed by atoms with Crippen molar-refractivity contribution in [1.82, 2.24) is 14.4 Å². The lowest BCUT2D eigenvalue weighted by molar-refractivity contribution is -0.695. The van der Waals surface area contributed by atoms with Gasteiger partial charge in [-0.3, -0.25) is 14.6 Å². The number of imide groups is 1. The minimum atomic E-state index is -0.599. The van der Waals surface area contributed by atoms with E-state index < -0.39 is 6.04 Å². The van der Waals surface area contributed by atoms with Gasteiger partial charge in [-0.2, -0.15) is 0 Å². The van der Waals surface area contributed by atoms with Crippen molar-refractivity contribution in [2.75, 3.05) is 20.2 Å². The number of likely N-dealkylation sites (N-methyl/N-ethyl adjacent to an activating group) is 1. The molecular weight excluding hydrogens is 394 g/mol. The first-order chi connectivity index (χ1) is 15.0. The van der Waals surface area contributed by atoms with Crippen LogP contribution in [0, 0.1) is 13.8 Å². The highest BCUT2D eigenvalue weighted by Crippen LogP contribution is 2.35. The molecule has 0 spiro atoms. The second-order valence-corrected chi connectivity index (χ2v) is 8.53. The Morgan fingerprint density at radius 3 is 2.68 bits per heavy atom. The highest BCUT2D eigenvalue weighted by atomic mass is 16.5. The van der Waals surface area contributed by atoms with Crippen LogP contribution in [0.4, 0.5) is 10.7 Å². The third-order valence-electron chi connectivity index (χ3n) is 6.70. The molecular formula is C23H28N5O3+. The molecule has 2 atom stereocenters. The monoisotopic (exact) mass is 422 g/mol. The van der Waals surface area contributed by atoms with Crippen LogP contribution >= 0.6 is 0 Å². The van der Waals surface area contributed by atoms with E-state index in [0.29, 0.717) is 25.3 Å². The zero-order chi connectivity index (χ0) is 21.7. The van der Waals surface area contributed by atoms with Crippen molar-refractivity contribution in [2.45, 2.75) is 51.8 Å². The first kappa shape index (κ1) is 19.9. The van der Waals surface area contributed by atoms with Gasteiger partial charge in [0, 0.05) is 20.2 Å². The molecule has 4 heterocycles. The quantitative estimate of drug-likeness (QED) is 0.694. The van der Waals surface area contributed by atoms with Crippen LogP contribution < -0.4 is 4.57 Å². The number of rotatable bonds is 5. The van der Waals surface area contributed by atoms with E-state index in [1.54, 1.807) is 7.05 Å². The molecule has 1 aromatic carbocycles. The number of carbonyl (C=O) groups is 2. The lowest BCUT2D eigenvalue weighted by Gasteiger charge is -2.33. The molecule has 3 aliphatic heterocycles. The largest absolute Gasteiger partial charge is 0.402 e. The minimum absolute atomic E-state index is 0.162. The first-order valence-corrected chi connectivity index (χ1v) is 10.9. The Balaban J connectivity index is 1.46. The Labute approximate surface area is 181 Å². The number of carbonyl (C=O) groups excluding carboxylic acids is 2. The fraction of sp³-hybridized carbons (Fsp3) is 0.478. The summed E-state index contributed by atoms with van der Waals surface area (Å²) in [5, 5.41) is 0. The smallest absolute Gasteiger partial charge is 0.375 e. The highest BCUT2D eigenvalue weighted by Gasteiger charge is 2.54. The molecule has 162 valence electrons. The van der Waals surface area contributed by atoms with Crippen molar-refractivity contribution in [3.63, 3.8) is 0 Å². The van der Waals surface area contributed by atoms with Crippen LogP contribution in [0.5, 0.6) is 0 Å². The van der Waals surface area contributed by atoms with Crippen molar-refractivity contribution in [3.05, 3.63) is 47.3 Å². The number of amides is 3. The average molecular weight is 423 g/mol. The van der Waals surface area contributed by atoms with Crippen LogP contribution in [0.15, 0.2) is 35.3 Å². The van der Waals surface area contributed by atoms with E-state index in [4.69, 9.17) is 9.73 Å². The summed E-state index contributed by atoms with van der Waals surface area (Å²) in [4.78, 5) is 34.2. The SMILES string of the molecule is Cc1c(C)[n+](CC2CCCO2)c2n1C1C(=O)N(CCc3ccccc3)C(=O)N(C)C1=N2. The molecule has 0 saturated carbocycles. The second-order valence-electron chi connectivity index (χ2n) is 8.53. The molecule has 0 aliphatic carbocycles. The van der Waals surface area contributed by atoms with Crippen molar-refractivity contribution in [3.8, 4) is 0 Å². The zero-order valence-electron chi connectivity index (χ0n) is 18.2. The predicted molar refractivity (Wildman–Crippen MR) is 114 cm³/mol. The van der Waals surface area contributed by atoms with Gasteiger partial charge in [0.1, 0.15) is 11.4 Å². The number of fused-ring (bicyclic) bond motifs is 3. The second kappa shape index (κ2) is 7.60. The van der Waals surface area contributed by atoms with Crippen LogP contribution in [-0.4, -0.2) is 58.4 Å². The first-order valence-electron chi connectivity index (χ1n) is 10.9. The van der Waals surface area contributed by atoms with Crippen LogP contribution in [0.25, 0.3) is 0 Å². The van der Waals surface area contributed by atoms with E-state index in [1.807, 2.05) is 41.8 Å². The molecule has 0 bridgehead atoms. The summed E-state index contributed by atoms with van der Waals surface area (Å²) < 4.78 is 9.95. The summed E-state index contributed by atoms with van der Waals surface area (Å²) in [6.07, 6.45) is 2.89. The molecule has 0 radical (unpaired) electrons. The van der Waals surface area contributed by atoms with Gasteiger partial charge >= 0.3 is 12.0 Å². The van der Waals surface area contributed by atoms with Gasteiger partial charge in [0.15, 0.2) is 0 Å². The lowest BCUT2D eigenvalue weighted by atomic mass is 10.1. The van der Waals surface area contributed by atoms with E-state index >= 15 is 0 Å². The molecule has 1 aromatic heterocycles. The third-order valence-corrected chi connectivity index (χ3v) is 6.70. The van der Waals surface area contributed by atoms with Gasteiger partial charge in [-0.15, -0.1) is 0 Å². The number of benzene rings is 1. The van der Waals surface area contributed by atoms with Crippen LogP contribution in [-0.2, 0) is 22.5 Å². The summed E-state index contributed by atoms with van der Waals surface area (Å²) in [5.41, 5.74) is 3.17. The number of hydrogen-bond acceptors (Lipinski definition) is 4. The maximum absolute atomic E-state index is 13.5. The Morgan fingerprint density at radius 1 is 1.19 bits per heavy atom. The number of nitrogens with zero attached hydrogens (tertiary/aromatic N) is 5. The van der Waals surface area contributed by atoms with Gasteiger partial charge in [0.25, 0.3) is 5.91 Å². The molecule has 5 rings (SSSR count). The van der Waals surface area contributed by atoms with Crippen LogP contribution in [0.2, 0.25) is 0 Å². The summed E-state index contributed by atoms with van der Waals surface area (Å²) in [5.74, 6) is 1.02. The summed E-state index contributed by atoms with van der Waals surface area (Å²) >= 11 is 0. The Hall–Kier alpha value is -3.00. The van der Waals surface area contributed by atoms with Crippen molar-refractivity contribution in [2.24, 2.45) is 4.99 Å². The fourth-order valence-electron chi connectivity index (χ4n) is 4.80. The normalized spacial score (nSPS) is 22.7. The Kier molecular flexibility index (Phi) is 4.89. The third kappa shape index (κ3) is 3.17. The van der Waals surface area contributed by atoms with Gasteiger partial charge < -0.3 is 4.74 Å². The Bertz CT molecular complexity index is 1070. The lowest BCUT2D eigenvalue weighted by Crippen LogP contribution is -2.58. The van der Waals surface area contributed by atoms with Gasteiger partial charge in [0.2, 0.25) is 11.9 Å². The number of amidine groups is 1. The van der Waals surface area contributed by atoms with Crippen molar-refractivity contribution in [1.29, 1.82) is 0 Å². The van der Waals surface area contributed by atoms with Crippen molar-refractivity contribution >= 4 is 23.7 Å². The molecule has 3 amide bonds. The molecule has 0 N–H and O–H groups in total. The molecule has 2 saturated heterocycles. The molecule has 8 heteroatoms. The Morgan fingerprint density at radius 2 is 1.97 bits per heavy atom. The molecule has 31 heavy (non-hydrogen) atoms. The number of aromatic nitrogens is 2. The molecule has 3 aliphatic rings. The maximum Gasteiger partial charge on any atom is 0.402 e. The standard InChI is InChI=1S/C23H28N5O3/c1-15-16(2)28-19-20(24-22(28)27(15)14-18-10-7-13-31-18)25(3)23(30)26(21(19)29)12-11-17-8-5-4-6-9-17/h4-6,8-9,18-19H,7,10-14H2,1-3H3/q+1. The maximum atomic E-state index is 13.5. The summed E-state index contributed by atoms with van der Waals surface area (Å²) in [7, 11) is 1.70. The van der Waals surface area contributed by atoms with Crippen LogP contribution in [0.1, 0.15) is 35.8 Å². The summed E-state index contributed by atoms with van der Waals surface area (Å²) in [6, 6.07) is 9.00. The number of urea groups is 1. The predicted octanol–water partition coefficient (Wildman–Crippen LogP) is 2.29. The van der Waals surface area contributed by atoms with Gasteiger partial charge in [-0.25, -0.2) is 13.9 Å². The fourth-order valence-corrected chi connectivity index (χ4v) is 4.80. The van der Waals surface area contributed by atoms with Crippen LogP contribution in [0.3, 0.4) is 0 Å². The molecule has 2 fully saturated rings. The van der Waals surface area contributed by atoms with E-state index in [9.17, 15) is 9.59 Å². The van der Waals surface area contributed by atoms with E-state index in [0.717, 1.165) is 42.3 Å². The average Bonchev–Trinajstić information content (AvgIpc) is 3.48. The molecule has 2 unspecified atom stereocenters. The molecule has 2 aromatic rings. The zero-order valence-corrected chi connectivity index (χ0v) is 18.2. The van der Waals surface area contributed by atoms with E-state index in [1.165, 1.54) is 9.80 Å². The number of aliphatic imine (C=N–C) groups is 1. The summed E-state index contributed by atoms with van der Waals surface area (Å²) in [6.45, 7) is 5.92. The highest BCUT2D eigenvalue weighted by molar-refractivity contribution is 6.20. The van der Waals surface area contributed by atoms with E-state index in [-0.39, 0.29) is 18.0 Å². The van der Waals surface area contributed by atoms with Gasteiger partial charge in [0.05, 0.1) is 12.6 Å². The number of imidazole rings is 1. The number of hydrogen-bond donors (Lipinski definition) is 0. The minimum Gasteiger partial charge on any atom is -0.375 e. The number of ether oxygens (including phenoxy) is 1. The molecule has 8 nitrogen and oxygen atoms in total. The van der Waals surface area contributed by atoms with Gasteiger partial charge in [-0.1, -0.05) is 35.3 Å². The van der Waals surface area contributed by atoms with Crippen molar-refractivity contribution < 1.29 is 18.9 Å². The topological polar surface area (TPSA) is 71.0 Å². The van der Waals surface area contributed by atoms with Gasteiger partial charge in [-0.05, 0) is 38.7 Å².